The highest BCUT2D eigenvalue weighted by atomic mass is 15.0. The number of aromatic nitrogens is 2. The number of para-hydroxylation sites is 3. The smallest absolute Gasteiger partial charge is 0.146 e. The van der Waals surface area contributed by atoms with E-state index in [4.69, 9.17) is 9.98 Å². The Morgan fingerprint density at radius 1 is 0.806 bits per heavy atom. The molecule has 0 bridgehead atoms. The maximum absolute atomic E-state index is 5.07. The molecule has 174 valence electrons. The number of benzene rings is 4. The molecule has 2 heterocycles. The van der Waals surface area contributed by atoms with Crippen LogP contribution in [0.5, 0.6) is 0 Å². The van der Waals surface area contributed by atoms with Crippen molar-refractivity contribution in [1.82, 2.24) is 9.38 Å². The Morgan fingerprint density at radius 3 is 2.39 bits per heavy atom. The molecule has 0 unspecified atom stereocenters. The Labute approximate surface area is 209 Å². The standard InChI is InChI=1S/C32H26N4/c1-3-11-23(4-2)34-28-16-9-8-15-27(28)33-21-22-18-19-31-29(20-22)35-32-26-14-6-5-12-24(26)25-13-7-10-17-30(25)36(31)32/h3-21,34H,1-2H3/b11-3-,23-4+,33-21?. The first-order chi connectivity index (χ1) is 17.8. The second kappa shape index (κ2) is 9.16. The van der Waals surface area contributed by atoms with Crippen molar-refractivity contribution in [3.05, 3.63) is 120 Å². The molecule has 0 aliphatic rings. The van der Waals surface area contributed by atoms with Crippen molar-refractivity contribution in [2.45, 2.75) is 13.8 Å². The van der Waals surface area contributed by atoms with Gasteiger partial charge in [-0.2, -0.15) is 0 Å². The highest BCUT2D eigenvalue weighted by molar-refractivity contribution is 6.13. The van der Waals surface area contributed by atoms with E-state index < -0.39 is 0 Å². The maximum Gasteiger partial charge on any atom is 0.146 e. The van der Waals surface area contributed by atoms with E-state index in [2.05, 4.69) is 76.4 Å². The van der Waals surface area contributed by atoms with Crippen molar-refractivity contribution in [3.8, 4) is 0 Å². The van der Waals surface area contributed by atoms with Crippen molar-refractivity contribution < 1.29 is 0 Å². The second-order valence-corrected chi connectivity index (χ2v) is 8.73. The van der Waals surface area contributed by atoms with Gasteiger partial charge in [0.25, 0.3) is 0 Å². The quantitative estimate of drug-likeness (QED) is 0.157. The van der Waals surface area contributed by atoms with E-state index in [1.807, 2.05) is 62.6 Å². The molecule has 0 aliphatic heterocycles. The molecule has 0 spiro atoms. The fraction of sp³-hybridized carbons (Fsp3) is 0.0625. The Bertz CT molecular complexity index is 1840. The molecule has 0 amide bonds. The molecule has 1 N–H and O–H groups in total. The third kappa shape index (κ3) is 3.73. The van der Waals surface area contributed by atoms with Crippen LogP contribution in [0.25, 0.3) is 38.4 Å². The van der Waals surface area contributed by atoms with E-state index in [-0.39, 0.29) is 0 Å². The Balaban J connectivity index is 1.45. The van der Waals surface area contributed by atoms with Crippen LogP contribution in [0.2, 0.25) is 0 Å². The first kappa shape index (κ1) is 21.8. The first-order valence-electron chi connectivity index (χ1n) is 12.2. The predicted octanol–water partition coefficient (Wildman–Crippen LogP) is 8.44. The number of aliphatic imine (C=N–C) groups is 1. The largest absolute Gasteiger partial charge is 0.354 e. The normalized spacial score (nSPS) is 12.7. The molecule has 0 saturated carbocycles. The number of nitrogens with one attached hydrogen (secondary N) is 1. The molecule has 6 rings (SSSR count). The Morgan fingerprint density at radius 2 is 1.56 bits per heavy atom. The third-order valence-electron chi connectivity index (χ3n) is 6.47. The predicted molar refractivity (Wildman–Crippen MR) is 154 cm³/mol. The van der Waals surface area contributed by atoms with Crippen LogP contribution in [-0.4, -0.2) is 15.6 Å². The summed E-state index contributed by atoms with van der Waals surface area (Å²) in [6.07, 6.45) is 8.02. The SMILES string of the molecule is C/C=C\C(=C/C)Nc1ccccc1N=Cc1ccc2c(c1)nc1c3ccccc3c3ccccc3n21. The summed E-state index contributed by atoms with van der Waals surface area (Å²) >= 11 is 0. The maximum atomic E-state index is 5.07. The van der Waals surface area contributed by atoms with Crippen LogP contribution in [0.15, 0.2) is 120 Å². The number of anilines is 1. The number of hydrogen-bond donors (Lipinski definition) is 1. The molecule has 6 aromatic rings. The molecule has 36 heavy (non-hydrogen) atoms. The number of imidazole rings is 1. The summed E-state index contributed by atoms with van der Waals surface area (Å²) in [5, 5.41) is 7.07. The monoisotopic (exact) mass is 466 g/mol. The van der Waals surface area contributed by atoms with E-state index in [1.54, 1.807) is 0 Å². The lowest BCUT2D eigenvalue weighted by Crippen LogP contribution is -1.96. The minimum atomic E-state index is 0.883. The van der Waals surface area contributed by atoms with E-state index in [1.165, 1.54) is 10.8 Å². The number of hydrogen-bond acceptors (Lipinski definition) is 3. The van der Waals surface area contributed by atoms with Gasteiger partial charge in [-0.25, -0.2) is 4.98 Å². The Kier molecular flexibility index (Phi) is 5.55. The van der Waals surface area contributed by atoms with Gasteiger partial charge in [0, 0.05) is 22.7 Å². The molecular formula is C32H26N4. The number of fused-ring (bicyclic) bond motifs is 8. The van der Waals surface area contributed by atoms with Crippen LogP contribution in [0.3, 0.4) is 0 Å². The van der Waals surface area contributed by atoms with Crippen LogP contribution in [0.1, 0.15) is 19.4 Å². The number of nitrogens with zero attached hydrogens (tertiary/aromatic N) is 3. The van der Waals surface area contributed by atoms with Gasteiger partial charge in [0.2, 0.25) is 0 Å². The summed E-state index contributed by atoms with van der Waals surface area (Å²) in [6.45, 7) is 4.03. The van der Waals surface area contributed by atoms with Crippen LogP contribution < -0.4 is 5.32 Å². The molecule has 0 fully saturated rings. The average Bonchev–Trinajstić information content (AvgIpc) is 3.32. The summed E-state index contributed by atoms with van der Waals surface area (Å²) in [7, 11) is 0. The zero-order chi connectivity index (χ0) is 24.5. The number of pyridine rings is 1. The van der Waals surface area contributed by atoms with Crippen molar-refractivity contribution in [1.29, 1.82) is 0 Å². The molecule has 0 aliphatic carbocycles. The van der Waals surface area contributed by atoms with Crippen LogP contribution >= 0.6 is 0 Å². The van der Waals surface area contributed by atoms with Crippen LogP contribution in [0.4, 0.5) is 11.4 Å². The van der Waals surface area contributed by atoms with Crippen molar-refractivity contribution >= 4 is 55.9 Å². The molecule has 4 nitrogen and oxygen atoms in total. The molecule has 0 radical (unpaired) electrons. The number of rotatable bonds is 5. The van der Waals surface area contributed by atoms with Gasteiger partial charge >= 0.3 is 0 Å². The summed E-state index contributed by atoms with van der Waals surface area (Å²) < 4.78 is 2.27. The minimum Gasteiger partial charge on any atom is -0.354 e. The van der Waals surface area contributed by atoms with E-state index in [9.17, 15) is 0 Å². The van der Waals surface area contributed by atoms with Gasteiger partial charge in [-0.15, -0.1) is 0 Å². The summed E-state index contributed by atoms with van der Waals surface area (Å²) in [5.41, 5.74) is 8.08. The lowest BCUT2D eigenvalue weighted by Gasteiger charge is -2.09. The van der Waals surface area contributed by atoms with Gasteiger partial charge in [-0.1, -0.05) is 72.8 Å². The molecular weight excluding hydrogens is 440 g/mol. The van der Waals surface area contributed by atoms with Crippen molar-refractivity contribution in [2.75, 3.05) is 5.32 Å². The molecule has 0 atom stereocenters. The molecule has 4 aromatic carbocycles. The van der Waals surface area contributed by atoms with E-state index >= 15 is 0 Å². The fourth-order valence-corrected chi connectivity index (χ4v) is 4.79. The highest BCUT2D eigenvalue weighted by Gasteiger charge is 2.13. The van der Waals surface area contributed by atoms with E-state index in [0.717, 1.165) is 50.2 Å². The molecule has 2 aromatic heterocycles. The summed E-state index contributed by atoms with van der Waals surface area (Å²) in [5.74, 6) is 0. The van der Waals surface area contributed by atoms with Gasteiger partial charge in [0.1, 0.15) is 5.65 Å². The molecule has 4 heteroatoms. The average molecular weight is 467 g/mol. The third-order valence-corrected chi connectivity index (χ3v) is 6.47. The topological polar surface area (TPSA) is 41.7 Å². The van der Waals surface area contributed by atoms with Gasteiger partial charge in [-0.3, -0.25) is 9.39 Å². The van der Waals surface area contributed by atoms with Crippen LogP contribution in [0, 0.1) is 0 Å². The van der Waals surface area contributed by atoms with Crippen molar-refractivity contribution in [2.24, 2.45) is 4.99 Å². The van der Waals surface area contributed by atoms with Gasteiger partial charge in [0.15, 0.2) is 0 Å². The molecule has 0 saturated heterocycles. The van der Waals surface area contributed by atoms with Gasteiger partial charge < -0.3 is 5.32 Å². The van der Waals surface area contributed by atoms with Crippen LogP contribution in [-0.2, 0) is 0 Å². The summed E-state index contributed by atoms with van der Waals surface area (Å²) in [6, 6.07) is 31.5. The lowest BCUT2D eigenvalue weighted by atomic mass is 10.1. The fourth-order valence-electron chi connectivity index (χ4n) is 4.79. The van der Waals surface area contributed by atoms with Gasteiger partial charge in [0.05, 0.1) is 27.9 Å². The van der Waals surface area contributed by atoms with Gasteiger partial charge in [-0.05, 0) is 61.2 Å². The minimum absolute atomic E-state index is 0.883. The lowest BCUT2D eigenvalue weighted by molar-refractivity contribution is 1.31. The first-order valence-corrected chi connectivity index (χ1v) is 12.2. The van der Waals surface area contributed by atoms with E-state index in [0.29, 0.717) is 0 Å². The zero-order valence-corrected chi connectivity index (χ0v) is 20.3. The van der Waals surface area contributed by atoms with Crippen molar-refractivity contribution in [3.63, 3.8) is 0 Å². The number of allylic oxidation sites excluding steroid dienone is 3. The second-order valence-electron chi connectivity index (χ2n) is 8.73. The summed E-state index contributed by atoms with van der Waals surface area (Å²) in [4.78, 5) is 9.88. The zero-order valence-electron chi connectivity index (χ0n) is 20.3. The Hall–Kier alpha value is -4.70. The highest BCUT2D eigenvalue weighted by Crippen LogP contribution is 2.32.